The van der Waals surface area contributed by atoms with E-state index in [1.165, 1.54) is 17.5 Å². The predicted octanol–water partition coefficient (Wildman–Crippen LogP) is 4.22. The van der Waals surface area contributed by atoms with Crippen molar-refractivity contribution in [2.75, 3.05) is 26.3 Å². The van der Waals surface area contributed by atoms with Gasteiger partial charge in [-0.3, -0.25) is 0 Å². The van der Waals surface area contributed by atoms with E-state index in [-0.39, 0.29) is 0 Å². The molecule has 2 heteroatoms. The van der Waals surface area contributed by atoms with Crippen LogP contribution in [0, 0.1) is 18.8 Å². The van der Waals surface area contributed by atoms with Crippen molar-refractivity contribution in [3.8, 4) is 0 Å². The molecule has 0 saturated heterocycles. The lowest BCUT2D eigenvalue weighted by Crippen LogP contribution is -2.26. The molecule has 0 saturated carbocycles. The first-order chi connectivity index (χ1) is 10.1. The number of rotatable bonds is 11. The number of aryl methyl sites for hydroxylation is 1. The van der Waals surface area contributed by atoms with Gasteiger partial charge in [0.25, 0.3) is 0 Å². The van der Waals surface area contributed by atoms with E-state index in [0.717, 1.165) is 39.1 Å². The first-order valence-corrected chi connectivity index (χ1v) is 8.45. The second kappa shape index (κ2) is 10.8. The molecule has 1 atom stereocenters. The van der Waals surface area contributed by atoms with Crippen LogP contribution in [0.5, 0.6) is 0 Å². The van der Waals surface area contributed by atoms with Gasteiger partial charge in [-0.2, -0.15) is 0 Å². The lowest BCUT2D eigenvalue weighted by Gasteiger charge is -2.18. The first-order valence-electron chi connectivity index (χ1n) is 8.45. The maximum absolute atomic E-state index is 5.76. The van der Waals surface area contributed by atoms with Crippen molar-refractivity contribution in [1.29, 1.82) is 0 Å². The van der Waals surface area contributed by atoms with Crippen molar-refractivity contribution in [3.05, 3.63) is 35.4 Å². The molecule has 0 bridgehead atoms. The second-order valence-electron chi connectivity index (χ2n) is 6.52. The summed E-state index contributed by atoms with van der Waals surface area (Å²) in [6.07, 6.45) is 3.47. The fourth-order valence-corrected chi connectivity index (χ4v) is 2.39. The predicted molar refractivity (Wildman–Crippen MR) is 91.8 cm³/mol. The molecule has 0 aliphatic heterocycles. The molecule has 120 valence electrons. The fourth-order valence-electron chi connectivity index (χ4n) is 2.39. The Bertz CT molecular complexity index is 358. The van der Waals surface area contributed by atoms with Crippen LogP contribution < -0.4 is 5.32 Å². The van der Waals surface area contributed by atoms with E-state index in [1.807, 2.05) is 0 Å². The molecular weight excluding hydrogens is 258 g/mol. The number of nitrogens with one attached hydrogen (secondary N) is 1. The zero-order valence-corrected chi connectivity index (χ0v) is 14.3. The molecule has 0 spiro atoms. The lowest BCUT2D eigenvalue weighted by molar-refractivity contribution is 0.0976. The summed E-state index contributed by atoms with van der Waals surface area (Å²) in [5, 5.41) is 3.56. The second-order valence-corrected chi connectivity index (χ2v) is 6.52. The van der Waals surface area contributed by atoms with E-state index in [9.17, 15) is 0 Å². The van der Waals surface area contributed by atoms with E-state index in [1.54, 1.807) is 0 Å². The molecular formula is C19H33NO. The van der Waals surface area contributed by atoms with Crippen LogP contribution in [0.4, 0.5) is 0 Å². The lowest BCUT2D eigenvalue weighted by atomic mass is 9.96. The van der Waals surface area contributed by atoms with Gasteiger partial charge in [0.05, 0.1) is 0 Å². The van der Waals surface area contributed by atoms with Gasteiger partial charge in [-0.25, -0.2) is 0 Å². The Morgan fingerprint density at radius 3 is 2.48 bits per heavy atom. The van der Waals surface area contributed by atoms with E-state index < -0.39 is 0 Å². The van der Waals surface area contributed by atoms with Crippen molar-refractivity contribution < 1.29 is 4.74 Å². The Balaban J connectivity index is 2.41. The third kappa shape index (κ3) is 8.90. The summed E-state index contributed by atoms with van der Waals surface area (Å²) in [5.74, 6) is 1.28. The molecule has 0 amide bonds. The molecule has 1 N–H and O–H groups in total. The van der Waals surface area contributed by atoms with Gasteiger partial charge >= 0.3 is 0 Å². The topological polar surface area (TPSA) is 21.3 Å². The quantitative estimate of drug-likeness (QED) is 0.616. The summed E-state index contributed by atoms with van der Waals surface area (Å²) < 4.78 is 5.76. The standard InChI is InChI=1S/C19H33NO/c1-5-11-20-14-19(10-12-21-15-16(2)3)13-18-8-6-17(4)7-9-18/h6-9,16,19-20H,5,10-15H2,1-4H3. The summed E-state index contributed by atoms with van der Waals surface area (Å²) in [5.41, 5.74) is 2.77. The third-order valence-corrected chi connectivity index (χ3v) is 3.63. The minimum atomic E-state index is 0.624. The van der Waals surface area contributed by atoms with Crippen LogP contribution in [0.15, 0.2) is 24.3 Å². The van der Waals surface area contributed by atoms with Crippen LogP contribution in [0.3, 0.4) is 0 Å². The van der Waals surface area contributed by atoms with Crippen molar-refractivity contribution in [2.24, 2.45) is 11.8 Å². The van der Waals surface area contributed by atoms with Gasteiger partial charge in [0.2, 0.25) is 0 Å². The number of ether oxygens (including phenoxy) is 1. The van der Waals surface area contributed by atoms with Gasteiger partial charge in [-0.05, 0) is 56.7 Å². The zero-order chi connectivity index (χ0) is 15.5. The summed E-state index contributed by atoms with van der Waals surface area (Å²) in [7, 11) is 0. The fraction of sp³-hybridized carbons (Fsp3) is 0.684. The van der Waals surface area contributed by atoms with Crippen LogP contribution in [0.2, 0.25) is 0 Å². The average molecular weight is 291 g/mol. The van der Waals surface area contributed by atoms with E-state index in [4.69, 9.17) is 4.74 Å². The minimum Gasteiger partial charge on any atom is -0.381 e. The molecule has 1 aromatic carbocycles. The van der Waals surface area contributed by atoms with E-state index >= 15 is 0 Å². The molecule has 0 fully saturated rings. The van der Waals surface area contributed by atoms with Gasteiger partial charge in [0.15, 0.2) is 0 Å². The molecule has 21 heavy (non-hydrogen) atoms. The Labute approximate surface area is 131 Å². The third-order valence-electron chi connectivity index (χ3n) is 3.63. The molecule has 1 aromatic rings. The molecule has 0 aliphatic carbocycles. The highest BCUT2D eigenvalue weighted by molar-refractivity contribution is 5.21. The molecule has 2 nitrogen and oxygen atoms in total. The highest BCUT2D eigenvalue weighted by atomic mass is 16.5. The summed E-state index contributed by atoms with van der Waals surface area (Å²) in [6.45, 7) is 12.7. The average Bonchev–Trinajstić information content (AvgIpc) is 2.45. The van der Waals surface area contributed by atoms with Crippen LogP contribution >= 0.6 is 0 Å². The molecule has 0 aliphatic rings. The van der Waals surface area contributed by atoms with Crippen LogP contribution in [0.1, 0.15) is 44.7 Å². The Kier molecular flexibility index (Phi) is 9.36. The van der Waals surface area contributed by atoms with Crippen LogP contribution in [0.25, 0.3) is 0 Å². The Morgan fingerprint density at radius 1 is 1.14 bits per heavy atom. The zero-order valence-electron chi connectivity index (χ0n) is 14.3. The highest BCUT2D eigenvalue weighted by Crippen LogP contribution is 2.13. The first kappa shape index (κ1) is 18.2. The largest absolute Gasteiger partial charge is 0.381 e. The molecule has 1 unspecified atom stereocenters. The van der Waals surface area contributed by atoms with Gasteiger partial charge < -0.3 is 10.1 Å². The van der Waals surface area contributed by atoms with Gasteiger partial charge in [-0.15, -0.1) is 0 Å². The van der Waals surface area contributed by atoms with Crippen LogP contribution in [-0.2, 0) is 11.2 Å². The van der Waals surface area contributed by atoms with Gasteiger partial charge in [-0.1, -0.05) is 50.6 Å². The maximum Gasteiger partial charge on any atom is 0.0488 e. The molecule has 1 rings (SSSR count). The smallest absolute Gasteiger partial charge is 0.0488 e. The number of hydrogen-bond acceptors (Lipinski definition) is 2. The molecule has 0 heterocycles. The monoisotopic (exact) mass is 291 g/mol. The van der Waals surface area contributed by atoms with Crippen LogP contribution in [-0.4, -0.2) is 26.3 Å². The van der Waals surface area contributed by atoms with Gasteiger partial charge in [0, 0.05) is 13.2 Å². The maximum atomic E-state index is 5.76. The number of benzene rings is 1. The van der Waals surface area contributed by atoms with Crippen molar-refractivity contribution in [3.63, 3.8) is 0 Å². The summed E-state index contributed by atoms with van der Waals surface area (Å²) in [6, 6.07) is 8.94. The normalized spacial score (nSPS) is 12.8. The van der Waals surface area contributed by atoms with Crippen molar-refractivity contribution in [2.45, 2.75) is 47.0 Å². The van der Waals surface area contributed by atoms with Crippen molar-refractivity contribution >= 4 is 0 Å². The van der Waals surface area contributed by atoms with Gasteiger partial charge in [0.1, 0.15) is 0 Å². The van der Waals surface area contributed by atoms with E-state index in [2.05, 4.69) is 57.3 Å². The molecule has 0 aromatic heterocycles. The summed E-state index contributed by atoms with van der Waals surface area (Å²) >= 11 is 0. The summed E-state index contributed by atoms with van der Waals surface area (Å²) in [4.78, 5) is 0. The Morgan fingerprint density at radius 2 is 1.86 bits per heavy atom. The number of hydrogen-bond donors (Lipinski definition) is 1. The Hall–Kier alpha value is -0.860. The van der Waals surface area contributed by atoms with Crippen molar-refractivity contribution in [1.82, 2.24) is 5.32 Å². The molecule has 0 radical (unpaired) electrons. The SMILES string of the molecule is CCCNCC(CCOCC(C)C)Cc1ccc(C)cc1. The highest BCUT2D eigenvalue weighted by Gasteiger charge is 2.10. The minimum absolute atomic E-state index is 0.624. The van der Waals surface area contributed by atoms with E-state index in [0.29, 0.717) is 11.8 Å².